The monoisotopic (exact) mass is 255 g/mol. The van der Waals surface area contributed by atoms with Crippen LogP contribution >= 0.6 is 11.3 Å². The van der Waals surface area contributed by atoms with Crippen LogP contribution in [0.4, 0.5) is 0 Å². The zero-order valence-corrected chi connectivity index (χ0v) is 10.0. The molecule has 0 aliphatic heterocycles. The Morgan fingerprint density at radius 3 is 2.82 bits per heavy atom. The molecule has 17 heavy (non-hydrogen) atoms. The van der Waals surface area contributed by atoms with Crippen LogP contribution < -0.4 is 5.32 Å². The van der Waals surface area contributed by atoms with Crippen molar-refractivity contribution in [3.05, 3.63) is 28.0 Å². The highest BCUT2D eigenvalue weighted by Crippen LogP contribution is 2.16. The molecule has 0 unspecified atom stereocenters. The normalized spacial score (nSPS) is 12.6. The molecular formula is C11H13NO4S. The Balaban J connectivity index is 2.43. The third-order valence-electron chi connectivity index (χ3n) is 2.04. The van der Waals surface area contributed by atoms with Crippen LogP contribution in [-0.4, -0.2) is 34.7 Å². The number of rotatable bonds is 5. The average Bonchev–Trinajstić information content (AvgIpc) is 2.68. The van der Waals surface area contributed by atoms with Crippen LogP contribution in [-0.2, 0) is 9.59 Å². The van der Waals surface area contributed by atoms with Crippen molar-refractivity contribution in [2.24, 2.45) is 0 Å². The van der Waals surface area contributed by atoms with Crippen molar-refractivity contribution >= 4 is 29.3 Å². The standard InChI is InChI=1S/C11H13NO4S/c1-7-4-5-17-9(7)2-3-10(14)12-6-8(13)11(15)16/h2-5,8,13H,6H2,1H3,(H,12,14)(H,15,16)/b3-2+/t8-/m0/s1. The SMILES string of the molecule is Cc1ccsc1/C=C/C(=O)NC[C@H](O)C(=O)O. The molecule has 1 aromatic heterocycles. The molecule has 0 aliphatic carbocycles. The minimum atomic E-state index is -1.57. The lowest BCUT2D eigenvalue weighted by atomic mass is 10.3. The molecule has 5 nitrogen and oxygen atoms in total. The summed E-state index contributed by atoms with van der Waals surface area (Å²) in [6.45, 7) is 1.63. The van der Waals surface area contributed by atoms with E-state index >= 15 is 0 Å². The van der Waals surface area contributed by atoms with Crippen LogP contribution in [0.25, 0.3) is 6.08 Å². The van der Waals surface area contributed by atoms with Gasteiger partial charge in [-0.05, 0) is 30.0 Å². The molecule has 0 aliphatic rings. The van der Waals surface area contributed by atoms with Gasteiger partial charge < -0.3 is 15.5 Å². The van der Waals surface area contributed by atoms with Gasteiger partial charge >= 0.3 is 5.97 Å². The van der Waals surface area contributed by atoms with Crippen LogP contribution in [0.15, 0.2) is 17.5 Å². The van der Waals surface area contributed by atoms with Gasteiger partial charge in [-0.1, -0.05) is 0 Å². The van der Waals surface area contributed by atoms with Gasteiger partial charge in [0.15, 0.2) is 6.10 Å². The number of carboxylic acids is 1. The van der Waals surface area contributed by atoms with Crippen molar-refractivity contribution < 1.29 is 19.8 Å². The Morgan fingerprint density at radius 2 is 2.29 bits per heavy atom. The van der Waals surface area contributed by atoms with Crippen molar-refractivity contribution in [1.29, 1.82) is 0 Å². The first kappa shape index (κ1) is 13.4. The Morgan fingerprint density at radius 1 is 1.59 bits per heavy atom. The van der Waals surface area contributed by atoms with Crippen molar-refractivity contribution in [1.82, 2.24) is 5.32 Å². The van der Waals surface area contributed by atoms with E-state index in [9.17, 15) is 9.59 Å². The molecule has 3 N–H and O–H groups in total. The first-order chi connectivity index (χ1) is 8.00. The molecule has 0 radical (unpaired) electrons. The van der Waals surface area contributed by atoms with Crippen molar-refractivity contribution in [3.63, 3.8) is 0 Å². The molecular weight excluding hydrogens is 242 g/mol. The Kier molecular flexibility index (Phi) is 4.86. The Labute approximate surface area is 102 Å². The summed E-state index contributed by atoms with van der Waals surface area (Å²) in [5.41, 5.74) is 1.07. The van der Waals surface area contributed by atoms with Gasteiger partial charge in [0.2, 0.25) is 5.91 Å². The smallest absolute Gasteiger partial charge is 0.334 e. The van der Waals surface area contributed by atoms with Crippen LogP contribution in [0.1, 0.15) is 10.4 Å². The highest BCUT2D eigenvalue weighted by atomic mass is 32.1. The highest BCUT2D eigenvalue weighted by molar-refractivity contribution is 7.11. The molecule has 0 saturated heterocycles. The van der Waals surface area contributed by atoms with Gasteiger partial charge in [0.1, 0.15) is 0 Å². The molecule has 0 fully saturated rings. The number of aryl methyl sites for hydroxylation is 1. The van der Waals surface area contributed by atoms with Crippen molar-refractivity contribution in [2.45, 2.75) is 13.0 Å². The van der Waals surface area contributed by atoms with E-state index in [0.717, 1.165) is 10.4 Å². The minimum Gasteiger partial charge on any atom is -0.479 e. The molecule has 1 atom stereocenters. The van der Waals surface area contributed by atoms with E-state index in [2.05, 4.69) is 5.32 Å². The zero-order valence-electron chi connectivity index (χ0n) is 9.21. The summed E-state index contributed by atoms with van der Waals surface area (Å²) in [4.78, 5) is 22.5. The van der Waals surface area contributed by atoms with Gasteiger partial charge in [-0.15, -0.1) is 11.3 Å². The summed E-state index contributed by atoms with van der Waals surface area (Å²) in [6.07, 6.45) is 1.39. The molecule has 1 aromatic rings. The van der Waals surface area contributed by atoms with E-state index in [0.29, 0.717) is 0 Å². The lowest BCUT2D eigenvalue weighted by Crippen LogP contribution is -2.35. The maximum atomic E-state index is 11.3. The summed E-state index contributed by atoms with van der Waals surface area (Å²) in [7, 11) is 0. The topological polar surface area (TPSA) is 86.6 Å². The zero-order chi connectivity index (χ0) is 12.8. The summed E-state index contributed by atoms with van der Waals surface area (Å²) >= 11 is 1.51. The van der Waals surface area contributed by atoms with Crippen LogP contribution in [0.3, 0.4) is 0 Å². The van der Waals surface area contributed by atoms with E-state index in [-0.39, 0.29) is 6.54 Å². The molecule has 0 aromatic carbocycles. The average molecular weight is 255 g/mol. The number of aliphatic hydroxyl groups excluding tert-OH is 1. The molecule has 1 rings (SSSR count). The maximum Gasteiger partial charge on any atom is 0.334 e. The van der Waals surface area contributed by atoms with E-state index < -0.39 is 18.0 Å². The van der Waals surface area contributed by atoms with Crippen molar-refractivity contribution in [3.8, 4) is 0 Å². The number of aliphatic carboxylic acids is 1. The number of carbonyl (C=O) groups excluding carboxylic acids is 1. The van der Waals surface area contributed by atoms with Gasteiger partial charge in [0.05, 0.1) is 6.54 Å². The van der Waals surface area contributed by atoms with Gasteiger partial charge in [-0.3, -0.25) is 4.79 Å². The van der Waals surface area contributed by atoms with E-state index in [1.54, 1.807) is 6.08 Å². The number of hydrogen-bond donors (Lipinski definition) is 3. The molecule has 0 bridgehead atoms. The van der Waals surface area contributed by atoms with Gasteiger partial charge in [-0.25, -0.2) is 4.79 Å². The predicted molar refractivity (Wildman–Crippen MR) is 64.7 cm³/mol. The summed E-state index contributed by atoms with van der Waals surface area (Å²) in [6, 6.07) is 1.94. The van der Waals surface area contributed by atoms with Gasteiger partial charge in [0.25, 0.3) is 0 Å². The second kappa shape index (κ2) is 6.17. The molecule has 92 valence electrons. The molecule has 0 saturated carbocycles. The summed E-state index contributed by atoms with van der Waals surface area (Å²) in [5, 5.41) is 21.5. The summed E-state index contributed by atoms with van der Waals surface area (Å²) < 4.78 is 0. The second-order valence-corrected chi connectivity index (χ2v) is 4.35. The number of hydrogen-bond acceptors (Lipinski definition) is 4. The fraction of sp³-hybridized carbons (Fsp3) is 0.273. The van der Waals surface area contributed by atoms with Crippen molar-refractivity contribution in [2.75, 3.05) is 6.54 Å². The Bertz CT molecular complexity index is 438. The van der Waals surface area contributed by atoms with Crippen LogP contribution in [0.2, 0.25) is 0 Å². The second-order valence-electron chi connectivity index (χ2n) is 3.40. The fourth-order valence-electron chi connectivity index (χ4n) is 1.05. The Hall–Kier alpha value is -1.66. The number of nitrogens with one attached hydrogen (secondary N) is 1. The largest absolute Gasteiger partial charge is 0.479 e. The van der Waals surface area contributed by atoms with Crippen LogP contribution in [0, 0.1) is 6.92 Å². The number of carboxylic acid groups (broad SMARTS) is 1. The summed E-state index contributed by atoms with van der Waals surface area (Å²) in [5.74, 6) is -1.79. The predicted octanol–water partition coefficient (Wildman–Crippen LogP) is 0.631. The molecule has 1 amide bonds. The first-order valence-corrected chi connectivity index (χ1v) is 5.79. The highest BCUT2D eigenvalue weighted by Gasteiger charge is 2.12. The number of amides is 1. The van der Waals surface area contributed by atoms with Gasteiger partial charge in [-0.2, -0.15) is 0 Å². The number of aliphatic hydroxyl groups is 1. The lowest BCUT2D eigenvalue weighted by Gasteiger charge is -2.04. The molecule has 6 heteroatoms. The van der Waals surface area contributed by atoms with E-state index in [4.69, 9.17) is 10.2 Å². The third-order valence-corrected chi connectivity index (χ3v) is 3.03. The first-order valence-electron chi connectivity index (χ1n) is 4.91. The number of thiophene rings is 1. The maximum absolute atomic E-state index is 11.3. The quantitative estimate of drug-likeness (QED) is 0.674. The number of carbonyl (C=O) groups is 2. The van der Waals surface area contributed by atoms with E-state index in [1.165, 1.54) is 17.4 Å². The molecule has 0 spiro atoms. The molecule has 1 heterocycles. The third kappa shape index (κ3) is 4.38. The van der Waals surface area contributed by atoms with E-state index in [1.807, 2.05) is 18.4 Å². The minimum absolute atomic E-state index is 0.304. The van der Waals surface area contributed by atoms with Crippen LogP contribution in [0.5, 0.6) is 0 Å². The lowest BCUT2D eigenvalue weighted by molar-refractivity contribution is -0.146. The fourth-order valence-corrected chi connectivity index (χ4v) is 1.87. The van der Waals surface area contributed by atoms with Gasteiger partial charge in [0, 0.05) is 11.0 Å².